The highest BCUT2D eigenvalue weighted by molar-refractivity contribution is 5.75. The van der Waals surface area contributed by atoms with Crippen LogP contribution >= 0.6 is 0 Å². The van der Waals surface area contributed by atoms with Crippen molar-refractivity contribution in [3.8, 4) is 0 Å². The van der Waals surface area contributed by atoms with Crippen molar-refractivity contribution >= 4 is 6.03 Å². The largest absolute Gasteiger partial charge is 0.416 e. The molecule has 1 aliphatic heterocycles. The lowest BCUT2D eigenvalue weighted by atomic mass is 10.00. The molecule has 1 aliphatic carbocycles. The van der Waals surface area contributed by atoms with E-state index in [0.717, 1.165) is 31.4 Å². The highest BCUT2D eigenvalue weighted by Crippen LogP contribution is 2.42. The summed E-state index contributed by atoms with van der Waals surface area (Å²) in [6.07, 6.45) is -1.78. The topological polar surface area (TPSA) is 41.6 Å². The second-order valence-corrected chi connectivity index (χ2v) is 6.52. The van der Waals surface area contributed by atoms with Gasteiger partial charge in [-0.1, -0.05) is 12.1 Å². The molecule has 1 saturated carbocycles. The van der Waals surface area contributed by atoms with Crippen molar-refractivity contribution in [1.29, 1.82) is 0 Å². The van der Waals surface area contributed by atoms with Gasteiger partial charge in [-0.15, -0.1) is 0 Å². The molecule has 0 radical (unpaired) electrons. The van der Waals surface area contributed by atoms with E-state index in [2.05, 4.69) is 5.32 Å². The van der Waals surface area contributed by atoms with Crippen LogP contribution in [0.15, 0.2) is 24.3 Å². The standard InChI is InChI=1S/C17H21F3N2O2/c1-22(14-7-8-24-10-14)16(23)21-15(11-5-6-11)12-3-2-4-13(9-12)17(18,19)20/h2-4,9,11,14-15H,5-8,10H2,1H3,(H,21,23)/t14-,15+/m0/s1. The normalized spacial score (nSPS) is 22.2. The van der Waals surface area contributed by atoms with Gasteiger partial charge in [0.2, 0.25) is 0 Å². The number of nitrogens with one attached hydrogen (secondary N) is 1. The van der Waals surface area contributed by atoms with Gasteiger partial charge < -0.3 is 15.0 Å². The van der Waals surface area contributed by atoms with Crippen LogP contribution in [0, 0.1) is 5.92 Å². The van der Waals surface area contributed by atoms with Crippen molar-refractivity contribution in [2.24, 2.45) is 5.92 Å². The molecule has 24 heavy (non-hydrogen) atoms. The van der Waals surface area contributed by atoms with Crippen molar-refractivity contribution in [3.05, 3.63) is 35.4 Å². The Bertz CT molecular complexity index is 596. The lowest BCUT2D eigenvalue weighted by Gasteiger charge is -2.27. The van der Waals surface area contributed by atoms with Crippen LogP contribution in [-0.4, -0.2) is 37.2 Å². The maximum absolute atomic E-state index is 12.9. The summed E-state index contributed by atoms with van der Waals surface area (Å²) in [5.74, 6) is 0.200. The zero-order chi connectivity index (χ0) is 17.3. The minimum atomic E-state index is -4.38. The molecule has 2 atom stereocenters. The molecule has 3 rings (SSSR count). The number of ether oxygens (including phenoxy) is 1. The smallest absolute Gasteiger partial charge is 0.379 e. The highest BCUT2D eigenvalue weighted by atomic mass is 19.4. The fourth-order valence-corrected chi connectivity index (χ4v) is 3.04. The van der Waals surface area contributed by atoms with Crippen LogP contribution in [0.3, 0.4) is 0 Å². The van der Waals surface area contributed by atoms with Crippen molar-refractivity contribution < 1.29 is 22.7 Å². The molecule has 0 aromatic heterocycles. The van der Waals surface area contributed by atoms with Crippen LogP contribution in [0.4, 0.5) is 18.0 Å². The van der Waals surface area contributed by atoms with E-state index in [1.54, 1.807) is 18.0 Å². The number of alkyl halides is 3. The van der Waals surface area contributed by atoms with Crippen LogP contribution in [0.25, 0.3) is 0 Å². The van der Waals surface area contributed by atoms with Gasteiger partial charge in [-0.05, 0) is 42.9 Å². The summed E-state index contributed by atoms with van der Waals surface area (Å²) >= 11 is 0. The molecule has 1 aromatic carbocycles. The maximum atomic E-state index is 12.9. The number of amides is 2. The Labute approximate surface area is 139 Å². The van der Waals surface area contributed by atoms with Gasteiger partial charge in [0.1, 0.15) is 0 Å². The van der Waals surface area contributed by atoms with Crippen LogP contribution in [0.2, 0.25) is 0 Å². The average molecular weight is 342 g/mol. The number of urea groups is 1. The van der Waals surface area contributed by atoms with Gasteiger partial charge in [0, 0.05) is 13.7 Å². The number of benzene rings is 1. The van der Waals surface area contributed by atoms with Crippen molar-refractivity contribution in [2.75, 3.05) is 20.3 Å². The van der Waals surface area contributed by atoms with Crippen LogP contribution < -0.4 is 5.32 Å². The fraction of sp³-hybridized carbons (Fsp3) is 0.588. The predicted molar refractivity (Wildman–Crippen MR) is 82.4 cm³/mol. The number of likely N-dealkylation sites (N-methyl/N-ethyl adjacent to an activating group) is 1. The summed E-state index contributed by atoms with van der Waals surface area (Å²) in [5, 5.41) is 2.91. The third kappa shape index (κ3) is 3.83. The highest BCUT2D eigenvalue weighted by Gasteiger charge is 2.37. The monoisotopic (exact) mass is 342 g/mol. The summed E-state index contributed by atoms with van der Waals surface area (Å²) in [4.78, 5) is 14.1. The Morgan fingerprint density at radius 1 is 1.33 bits per heavy atom. The van der Waals surface area contributed by atoms with Gasteiger partial charge in [-0.25, -0.2) is 4.79 Å². The van der Waals surface area contributed by atoms with E-state index < -0.39 is 11.7 Å². The van der Waals surface area contributed by atoms with Gasteiger partial charge in [0.05, 0.1) is 24.3 Å². The number of rotatable bonds is 4. The third-order valence-corrected chi connectivity index (χ3v) is 4.72. The van der Waals surface area contributed by atoms with Crippen LogP contribution in [-0.2, 0) is 10.9 Å². The van der Waals surface area contributed by atoms with E-state index in [4.69, 9.17) is 4.74 Å². The summed E-state index contributed by atoms with van der Waals surface area (Å²) in [5.41, 5.74) is -0.172. The first-order chi connectivity index (χ1) is 11.4. The molecule has 2 fully saturated rings. The number of hydrogen-bond donors (Lipinski definition) is 1. The molecule has 0 unspecified atom stereocenters. The van der Waals surface area contributed by atoms with E-state index in [1.807, 2.05) is 0 Å². The van der Waals surface area contributed by atoms with Gasteiger partial charge in [-0.2, -0.15) is 13.2 Å². The summed E-state index contributed by atoms with van der Waals surface area (Å²) in [6.45, 7) is 1.13. The maximum Gasteiger partial charge on any atom is 0.416 e. The number of nitrogens with zero attached hydrogens (tertiary/aromatic N) is 1. The zero-order valence-electron chi connectivity index (χ0n) is 13.5. The summed E-state index contributed by atoms with van der Waals surface area (Å²) in [6, 6.07) is 4.61. The first-order valence-corrected chi connectivity index (χ1v) is 8.14. The summed E-state index contributed by atoms with van der Waals surface area (Å²) < 4.78 is 44.1. The molecular weight excluding hydrogens is 321 g/mol. The molecule has 1 N–H and O–H groups in total. The molecule has 0 bridgehead atoms. The zero-order valence-corrected chi connectivity index (χ0v) is 13.5. The predicted octanol–water partition coefficient (Wildman–Crippen LogP) is 3.59. The van der Waals surface area contributed by atoms with Crippen molar-refractivity contribution in [1.82, 2.24) is 10.2 Å². The summed E-state index contributed by atoms with van der Waals surface area (Å²) in [7, 11) is 1.70. The van der Waals surface area contributed by atoms with Crippen LogP contribution in [0.5, 0.6) is 0 Å². The molecule has 1 saturated heterocycles. The first kappa shape index (κ1) is 17.1. The number of halogens is 3. The van der Waals surface area contributed by atoms with E-state index >= 15 is 0 Å². The molecule has 4 nitrogen and oxygen atoms in total. The van der Waals surface area contributed by atoms with E-state index in [9.17, 15) is 18.0 Å². The minimum Gasteiger partial charge on any atom is -0.379 e. The van der Waals surface area contributed by atoms with E-state index in [0.29, 0.717) is 18.8 Å². The Hall–Kier alpha value is -1.76. The number of carbonyl (C=O) groups is 1. The van der Waals surface area contributed by atoms with Crippen molar-refractivity contribution in [2.45, 2.75) is 37.5 Å². The second kappa shape index (κ2) is 6.63. The second-order valence-electron chi connectivity index (χ2n) is 6.52. The molecule has 2 amide bonds. The fourth-order valence-electron chi connectivity index (χ4n) is 3.04. The Kier molecular flexibility index (Phi) is 4.71. The number of carbonyl (C=O) groups excluding carboxylic acids is 1. The Morgan fingerprint density at radius 3 is 2.67 bits per heavy atom. The molecule has 2 aliphatic rings. The van der Waals surface area contributed by atoms with Gasteiger partial charge in [-0.3, -0.25) is 0 Å². The molecular formula is C17H21F3N2O2. The molecule has 7 heteroatoms. The van der Waals surface area contributed by atoms with Gasteiger partial charge in [0.25, 0.3) is 0 Å². The molecule has 1 aromatic rings. The molecule has 0 spiro atoms. The Balaban J connectivity index is 1.74. The third-order valence-electron chi connectivity index (χ3n) is 4.72. The quantitative estimate of drug-likeness (QED) is 0.909. The minimum absolute atomic E-state index is 0.0198. The van der Waals surface area contributed by atoms with Crippen LogP contribution in [0.1, 0.15) is 36.4 Å². The average Bonchev–Trinajstić information content (AvgIpc) is 3.24. The van der Waals surface area contributed by atoms with E-state index in [1.165, 1.54) is 6.07 Å². The first-order valence-electron chi connectivity index (χ1n) is 8.14. The number of hydrogen-bond acceptors (Lipinski definition) is 2. The SMILES string of the molecule is CN(C(=O)N[C@@H](c1cccc(C(F)(F)F)c1)C1CC1)[C@H]1CCOC1. The van der Waals surface area contributed by atoms with Gasteiger partial charge >= 0.3 is 12.2 Å². The molecule has 132 valence electrons. The lowest BCUT2D eigenvalue weighted by Crippen LogP contribution is -2.45. The van der Waals surface area contributed by atoms with Crippen molar-refractivity contribution in [3.63, 3.8) is 0 Å². The Morgan fingerprint density at radius 2 is 2.08 bits per heavy atom. The lowest BCUT2D eigenvalue weighted by molar-refractivity contribution is -0.137. The van der Waals surface area contributed by atoms with E-state index in [-0.39, 0.29) is 24.0 Å². The molecule has 1 heterocycles. The van der Waals surface area contributed by atoms with Gasteiger partial charge in [0.15, 0.2) is 0 Å².